The third kappa shape index (κ3) is 3.94. The average molecular weight is 459 g/mol. The third-order valence-corrected chi connectivity index (χ3v) is 7.81. The van der Waals surface area contributed by atoms with Crippen molar-refractivity contribution in [2.24, 2.45) is 0 Å². The zero-order valence-corrected chi connectivity index (χ0v) is 22.6. The molecular weight excluding hydrogens is 420 g/mol. The highest BCUT2D eigenvalue weighted by molar-refractivity contribution is 5.97. The summed E-state index contributed by atoms with van der Waals surface area (Å²) in [7, 11) is 0. The summed E-state index contributed by atoms with van der Waals surface area (Å²) in [6, 6.07) is 31.9. The zero-order chi connectivity index (χ0) is 25.2. The van der Waals surface area contributed by atoms with Gasteiger partial charge < -0.3 is 0 Å². The van der Waals surface area contributed by atoms with Gasteiger partial charge in [-0.05, 0) is 72.5 Å². The highest BCUT2D eigenvalue weighted by Gasteiger charge is 2.39. The first-order valence-corrected chi connectivity index (χ1v) is 12.9. The second-order valence-corrected chi connectivity index (χ2v) is 12.7. The number of hydrogen-bond acceptors (Lipinski definition) is 0. The first-order chi connectivity index (χ1) is 16.4. The van der Waals surface area contributed by atoms with Crippen molar-refractivity contribution in [2.75, 3.05) is 0 Å². The van der Waals surface area contributed by atoms with Crippen molar-refractivity contribution < 1.29 is 0 Å². The Balaban J connectivity index is 1.86. The summed E-state index contributed by atoms with van der Waals surface area (Å²) in [4.78, 5) is 0. The van der Waals surface area contributed by atoms with Crippen LogP contribution in [0.3, 0.4) is 0 Å². The lowest BCUT2D eigenvalue weighted by Gasteiger charge is -2.28. The number of rotatable bonds is 2. The standard InChI is InChI=1S/C35H38/c1-33(2,3)24-18-19-28-30(21-24)35(7,8)31-22-25(34(4,5)6)20-29(32(28)31)27-17-13-12-16-26(27)23-14-10-9-11-15-23/h9-22H,1-8H3. The molecule has 0 heterocycles. The smallest absolute Gasteiger partial charge is 0.0159 e. The molecule has 178 valence electrons. The van der Waals surface area contributed by atoms with E-state index in [-0.39, 0.29) is 16.2 Å². The van der Waals surface area contributed by atoms with Crippen LogP contribution in [0.5, 0.6) is 0 Å². The monoisotopic (exact) mass is 458 g/mol. The SMILES string of the molecule is CC(C)(C)c1ccc2c(c1)C(C)(C)c1cc(C(C)(C)C)cc(-c3ccccc3-c3ccccc3)c1-2. The Hall–Kier alpha value is -3.12. The molecular formula is C35H38. The molecule has 0 spiro atoms. The van der Waals surface area contributed by atoms with Crippen LogP contribution in [0.2, 0.25) is 0 Å². The molecule has 4 aromatic rings. The van der Waals surface area contributed by atoms with E-state index in [1.54, 1.807) is 0 Å². The van der Waals surface area contributed by atoms with Gasteiger partial charge in [-0.3, -0.25) is 0 Å². The molecule has 0 radical (unpaired) electrons. The van der Waals surface area contributed by atoms with E-state index in [2.05, 4.69) is 140 Å². The van der Waals surface area contributed by atoms with Crippen LogP contribution in [0, 0.1) is 0 Å². The molecule has 0 amide bonds. The van der Waals surface area contributed by atoms with E-state index in [1.807, 2.05) is 0 Å². The summed E-state index contributed by atoms with van der Waals surface area (Å²) in [6.45, 7) is 18.7. The van der Waals surface area contributed by atoms with Crippen LogP contribution in [0.1, 0.15) is 77.6 Å². The van der Waals surface area contributed by atoms with Gasteiger partial charge in [0, 0.05) is 5.41 Å². The maximum absolute atomic E-state index is 2.49. The van der Waals surface area contributed by atoms with Crippen LogP contribution in [0.25, 0.3) is 33.4 Å². The molecule has 0 fully saturated rings. The van der Waals surface area contributed by atoms with Gasteiger partial charge in [0.15, 0.2) is 0 Å². The predicted octanol–water partition coefficient (Wildman–Crippen LogP) is 9.92. The molecule has 1 aliphatic carbocycles. The van der Waals surface area contributed by atoms with Gasteiger partial charge in [-0.25, -0.2) is 0 Å². The van der Waals surface area contributed by atoms with Crippen LogP contribution < -0.4 is 0 Å². The Morgan fingerprint density at radius 3 is 1.69 bits per heavy atom. The summed E-state index contributed by atoms with van der Waals surface area (Å²) in [5, 5.41) is 0. The fourth-order valence-corrected chi connectivity index (χ4v) is 5.55. The minimum atomic E-state index is -0.0520. The molecule has 0 heteroatoms. The molecule has 0 unspecified atom stereocenters. The van der Waals surface area contributed by atoms with Gasteiger partial charge in [0.1, 0.15) is 0 Å². The first kappa shape index (κ1) is 23.6. The van der Waals surface area contributed by atoms with E-state index >= 15 is 0 Å². The van der Waals surface area contributed by atoms with E-state index in [1.165, 1.54) is 55.6 Å². The van der Waals surface area contributed by atoms with Crippen molar-refractivity contribution in [3.05, 3.63) is 107 Å². The fraction of sp³-hybridized carbons (Fsp3) is 0.314. The molecule has 0 atom stereocenters. The molecule has 4 aromatic carbocycles. The van der Waals surface area contributed by atoms with Crippen LogP contribution >= 0.6 is 0 Å². The van der Waals surface area contributed by atoms with Crippen LogP contribution in [0.4, 0.5) is 0 Å². The number of benzene rings is 4. The summed E-state index contributed by atoms with van der Waals surface area (Å²) in [5.74, 6) is 0. The Kier molecular flexibility index (Phi) is 5.37. The van der Waals surface area contributed by atoms with Crippen molar-refractivity contribution in [3.8, 4) is 33.4 Å². The average Bonchev–Trinajstić information content (AvgIpc) is 3.04. The lowest BCUT2D eigenvalue weighted by atomic mass is 9.76. The van der Waals surface area contributed by atoms with Crippen LogP contribution in [-0.2, 0) is 16.2 Å². The van der Waals surface area contributed by atoms with Gasteiger partial charge in [0.2, 0.25) is 0 Å². The van der Waals surface area contributed by atoms with E-state index in [0.717, 1.165) is 0 Å². The summed E-state index contributed by atoms with van der Waals surface area (Å²) < 4.78 is 0. The quantitative estimate of drug-likeness (QED) is 0.280. The van der Waals surface area contributed by atoms with E-state index < -0.39 is 0 Å². The lowest BCUT2D eigenvalue weighted by Crippen LogP contribution is -2.19. The largest absolute Gasteiger partial charge is 0.0622 e. The molecule has 1 aliphatic rings. The molecule has 0 bridgehead atoms. The van der Waals surface area contributed by atoms with Gasteiger partial charge in [0.05, 0.1) is 0 Å². The van der Waals surface area contributed by atoms with Gasteiger partial charge in [-0.1, -0.05) is 134 Å². The van der Waals surface area contributed by atoms with Crippen molar-refractivity contribution in [2.45, 2.75) is 71.6 Å². The predicted molar refractivity (Wildman–Crippen MR) is 152 cm³/mol. The summed E-state index contributed by atoms with van der Waals surface area (Å²) in [5.41, 5.74) is 13.8. The van der Waals surface area contributed by atoms with Crippen molar-refractivity contribution in [3.63, 3.8) is 0 Å². The Morgan fingerprint density at radius 2 is 1.06 bits per heavy atom. The molecule has 5 rings (SSSR count). The summed E-state index contributed by atoms with van der Waals surface area (Å²) >= 11 is 0. The van der Waals surface area contributed by atoms with Gasteiger partial charge in [-0.2, -0.15) is 0 Å². The van der Waals surface area contributed by atoms with Gasteiger partial charge in [0.25, 0.3) is 0 Å². The van der Waals surface area contributed by atoms with Gasteiger partial charge >= 0.3 is 0 Å². The van der Waals surface area contributed by atoms with E-state index in [4.69, 9.17) is 0 Å². The second kappa shape index (κ2) is 7.95. The lowest BCUT2D eigenvalue weighted by molar-refractivity contribution is 0.580. The third-order valence-electron chi connectivity index (χ3n) is 7.81. The van der Waals surface area contributed by atoms with Crippen molar-refractivity contribution >= 4 is 0 Å². The van der Waals surface area contributed by atoms with E-state index in [9.17, 15) is 0 Å². The molecule has 0 saturated carbocycles. The summed E-state index contributed by atoms with van der Waals surface area (Å²) in [6.07, 6.45) is 0. The highest BCUT2D eigenvalue weighted by Crippen LogP contribution is 2.54. The molecule has 0 aliphatic heterocycles. The zero-order valence-electron chi connectivity index (χ0n) is 22.6. The maximum atomic E-state index is 2.49. The van der Waals surface area contributed by atoms with Crippen molar-refractivity contribution in [1.82, 2.24) is 0 Å². The topological polar surface area (TPSA) is 0 Å². The molecule has 0 aromatic heterocycles. The maximum Gasteiger partial charge on any atom is 0.0159 e. The Bertz CT molecular complexity index is 1400. The highest BCUT2D eigenvalue weighted by atomic mass is 14.4. The van der Waals surface area contributed by atoms with Gasteiger partial charge in [-0.15, -0.1) is 0 Å². The normalized spacial score (nSPS) is 14.5. The molecule has 0 nitrogen and oxygen atoms in total. The molecule has 0 saturated heterocycles. The van der Waals surface area contributed by atoms with Crippen LogP contribution in [0.15, 0.2) is 84.9 Å². The Morgan fingerprint density at radius 1 is 0.486 bits per heavy atom. The fourth-order valence-electron chi connectivity index (χ4n) is 5.55. The van der Waals surface area contributed by atoms with Crippen molar-refractivity contribution in [1.29, 1.82) is 0 Å². The number of hydrogen-bond donors (Lipinski definition) is 0. The second-order valence-electron chi connectivity index (χ2n) is 12.7. The minimum absolute atomic E-state index is 0.0520. The first-order valence-electron chi connectivity index (χ1n) is 12.9. The number of fused-ring (bicyclic) bond motifs is 3. The Labute approximate surface area is 212 Å². The molecule has 35 heavy (non-hydrogen) atoms. The molecule has 0 N–H and O–H groups in total. The van der Waals surface area contributed by atoms with Crippen LogP contribution in [-0.4, -0.2) is 0 Å². The minimum Gasteiger partial charge on any atom is -0.0622 e. The van der Waals surface area contributed by atoms with E-state index in [0.29, 0.717) is 0 Å².